The molecule has 1 aliphatic carbocycles. The molecule has 0 aromatic heterocycles. The largest absolute Gasteiger partial charge is 0.352 e. The maximum atomic E-state index is 11.9. The van der Waals surface area contributed by atoms with Crippen LogP contribution in [0.4, 0.5) is 0 Å². The predicted molar refractivity (Wildman–Crippen MR) is 83.7 cm³/mol. The first-order chi connectivity index (χ1) is 8.70. The fourth-order valence-corrected chi connectivity index (χ4v) is 3.23. The predicted octanol–water partition coefficient (Wildman–Crippen LogP) is 1.11. The molecule has 0 radical (unpaired) electrons. The molecular formula is C13H27ClN2O3S. The number of nitrogens with two attached hydrogens (primary N) is 1. The SMILES string of the molecule is CC1CCCC(NC(=O)C(N)CCS(C)(=O)=O)C1C.Cl. The first kappa shape index (κ1) is 19.7. The van der Waals surface area contributed by atoms with Gasteiger partial charge < -0.3 is 11.1 Å². The Labute approximate surface area is 128 Å². The molecule has 5 nitrogen and oxygen atoms in total. The average molecular weight is 327 g/mol. The summed E-state index contributed by atoms with van der Waals surface area (Å²) in [7, 11) is -3.07. The smallest absolute Gasteiger partial charge is 0.237 e. The van der Waals surface area contributed by atoms with E-state index < -0.39 is 15.9 Å². The minimum Gasteiger partial charge on any atom is -0.352 e. The lowest BCUT2D eigenvalue weighted by atomic mass is 9.78. The molecule has 0 saturated heterocycles. The van der Waals surface area contributed by atoms with E-state index in [4.69, 9.17) is 5.73 Å². The van der Waals surface area contributed by atoms with Crippen molar-refractivity contribution in [3.8, 4) is 0 Å². The van der Waals surface area contributed by atoms with Crippen molar-refractivity contribution < 1.29 is 13.2 Å². The third kappa shape index (κ3) is 6.41. The molecule has 7 heteroatoms. The van der Waals surface area contributed by atoms with Crippen LogP contribution in [0, 0.1) is 11.8 Å². The number of amides is 1. The molecule has 1 aliphatic rings. The van der Waals surface area contributed by atoms with Gasteiger partial charge in [0.2, 0.25) is 5.91 Å². The van der Waals surface area contributed by atoms with Gasteiger partial charge in [0.25, 0.3) is 0 Å². The number of hydrogen-bond acceptors (Lipinski definition) is 4. The van der Waals surface area contributed by atoms with Gasteiger partial charge in [-0.1, -0.05) is 26.7 Å². The fraction of sp³-hybridized carbons (Fsp3) is 0.923. The van der Waals surface area contributed by atoms with Gasteiger partial charge >= 0.3 is 0 Å². The highest BCUT2D eigenvalue weighted by Crippen LogP contribution is 2.29. The van der Waals surface area contributed by atoms with Crippen molar-refractivity contribution in [1.82, 2.24) is 5.32 Å². The molecule has 1 amide bonds. The van der Waals surface area contributed by atoms with E-state index in [9.17, 15) is 13.2 Å². The molecule has 120 valence electrons. The van der Waals surface area contributed by atoms with Crippen LogP contribution in [0.5, 0.6) is 0 Å². The first-order valence-electron chi connectivity index (χ1n) is 6.94. The van der Waals surface area contributed by atoms with Crippen molar-refractivity contribution in [3.63, 3.8) is 0 Å². The molecule has 1 fully saturated rings. The summed E-state index contributed by atoms with van der Waals surface area (Å²) >= 11 is 0. The number of rotatable bonds is 5. The fourth-order valence-electron chi connectivity index (χ4n) is 2.55. The van der Waals surface area contributed by atoms with Crippen LogP contribution in [0.15, 0.2) is 0 Å². The third-order valence-corrected chi connectivity index (χ3v) is 5.15. The Morgan fingerprint density at radius 3 is 2.50 bits per heavy atom. The standard InChI is InChI=1S/C13H26N2O3S.ClH/c1-9-5-4-6-12(10(9)2)15-13(16)11(14)7-8-19(3,17)18;/h9-12H,4-8,14H2,1-3H3,(H,15,16);1H. The lowest BCUT2D eigenvalue weighted by Crippen LogP contribution is -2.50. The zero-order valence-electron chi connectivity index (χ0n) is 12.5. The number of sulfone groups is 1. The Kier molecular flexibility index (Phi) is 8.06. The molecular weight excluding hydrogens is 300 g/mol. The first-order valence-corrected chi connectivity index (χ1v) is 9.00. The Hall–Kier alpha value is -0.330. The number of carbonyl (C=O) groups excluding carboxylic acids is 1. The van der Waals surface area contributed by atoms with Crippen LogP contribution in [-0.2, 0) is 14.6 Å². The zero-order chi connectivity index (χ0) is 14.6. The quantitative estimate of drug-likeness (QED) is 0.792. The average Bonchev–Trinajstić information content (AvgIpc) is 2.31. The Morgan fingerprint density at radius 2 is 1.95 bits per heavy atom. The van der Waals surface area contributed by atoms with Crippen molar-refractivity contribution in [1.29, 1.82) is 0 Å². The lowest BCUT2D eigenvalue weighted by Gasteiger charge is -2.35. The van der Waals surface area contributed by atoms with Crippen LogP contribution in [0.1, 0.15) is 39.5 Å². The molecule has 4 atom stereocenters. The molecule has 3 N–H and O–H groups in total. The summed E-state index contributed by atoms with van der Waals surface area (Å²) in [6.45, 7) is 4.35. The van der Waals surface area contributed by atoms with Crippen LogP contribution in [0.3, 0.4) is 0 Å². The second kappa shape index (κ2) is 8.20. The second-order valence-electron chi connectivity index (χ2n) is 5.91. The van der Waals surface area contributed by atoms with Crippen LogP contribution in [0.25, 0.3) is 0 Å². The van der Waals surface area contributed by atoms with Gasteiger partial charge in [0, 0.05) is 12.3 Å². The van der Waals surface area contributed by atoms with E-state index in [1.54, 1.807) is 0 Å². The van der Waals surface area contributed by atoms with Crippen molar-refractivity contribution in [3.05, 3.63) is 0 Å². The van der Waals surface area contributed by atoms with Gasteiger partial charge in [-0.2, -0.15) is 0 Å². The minimum absolute atomic E-state index is 0. The third-order valence-electron chi connectivity index (χ3n) is 4.17. The van der Waals surface area contributed by atoms with E-state index in [1.165, 1.54) is 6.42 Å². The monoisotopic (exact) mass is 326 g/mol. The Balaban J connectivity index is 0.00000361. The molecule has 0 aromatic carbocycles. The molecule has 1 rings (SSSR count). The summed E-state index contributed by atoms with van der Waals surface area (Å²) in [5, 5.41) is 2.98. The van der Waals surface area contributed by atoms with Crippen molar-refractivity contribution in [2.45, 2.75) is 51.6 Å². The molecule has 0 spiro atoms. The zero-order valence-corrected chi connectivity index (χ0v) is 14.1. The summed E-state index contributed by atoms with van der Waals surface area (Å²) in [5.41, 5.74) is 5.75. The molecule has 4 unspecified atom stereocenters. The van der Waals surface area contributed by atoms with Crippen LogP contribution in [0.2, 0.25) is 0 Å². The highest BCUT2D eigenvalue weighted by molar-refractivity contribution is 7.90. The van der Waals surface area contributed by atoms with Gasteiger partial charge in [0.05, 0.1) is 11.8 Å². The van der Waals surface area contributed by atoms with E-state index in [-0.39, 0.29) is 36.5 Å². The van der Waals surface area contributed by atoms with Crippen molar-refractivity contribution >= 4 is 28.2 Å². The number of hydrogen-bond donors (Lipinski definition) is 2. The van der Waals surface area contributed by atoms with Crippen LogP contribution in [-0.4, -0.2) is 38.4 Å². The van der Waals surface area contributed by atoms with E-state index >= 15 is 0 Å². The van der Waals surface area contributed by atoms with Gasteiger partial charge in [0.15, 0.2) is 0 Å². The Morgan fingerprint density at radius 1 is 1.35 bits per heavy atom. The topological polar surface area (TPSA) is 89.3 Å². The summed E-state index contributed by atoms with van der Waals surface area (Å²) in [6.07, 6.45) is 4.64. The van der Waals surface area contributed by atoms with Gasteiger partial charge in [0.1, 0.15) is 9.84 Å². The van der Waals surface area contributed by atoms with Crippen LogP contribution >= 0.6 is 12.4 Å². The highest BCUT2D eigenvalue weighted by Gasteiger charge is 2.29. The van der Waals surface area contributed by atoms with E-state index in [2.05, 4.69) is 19.2 Å². The number of carbonyl (C=O) groups is 1. The minimum atomic E-state index is -3.07. The van der Waals surface area contributed by atoms with Crippen molar-refractivity contribution in [2.24, 2.45) is 17.6 Å². The Bertz CT molecular complexity index is 414. The maximum absolute atomic E-state index is 11.9. The van der Waals surface area contributed by atoms with E-state index in [0.29, 0.717) is 11.8 Å². The van der Waals surface area contributed by atoms with Crippen molar-refractivity contribution in [2.75, 3.05) is 12.0 Å². The van der Waals surface area contributed by atoms with Crippen LogP contribution < -0.4 is 11.1 Å². The highest BCUT2D eigenvalue weighted by atomic mass is 35.5. The molecule has 0 aromatic rings. The molecule has 1 saturated carbocycles. The summed E-state index contributed by atoms with van der Waals surface area (Å²) in [4.78, 5) is 11.9. The van der Waals surface area contributed by atoms with Gasteiger partial charge in [-0.3, -0.25) is 4.79 Å². The van der Waals surface area contributed by atoms with Gasteiger partial charge in [-0.25, -0.2) is 8.42 Å². The lowest BCUT2D eigenvalue weighted by molar-refractivity contribution is -0.123. The molecule has 0 aliphatic heterocycles. The molecule has 0 bridgehead atoms. The number of halogens is 1. The second-order valence-corrected chi connectivity index (χ2v) is 8.17. The summed E-state index contributed by atoms with van der Waals surface area (Å²) < 4.78 is 22.1. The summed E-state index contributed by atoms with van der Waals surface area (Å²) in [5.74, 6) is 0.777. The van der Waals surface area contributed by atoms with Gasteiger partial charge in [-0.15, -0.1) is 12.4 Å². The van der Waals surface area contributed by atoms with E-state index in [1.807, 2.05) is 0 Å². The van der Waals surface area contributed by atoms with Gasteiger partial charge in [-0.05, 0) is 24.7 Å². The normalized spacial score (nSPS) is 28.3. The number of nitrogens with one attached hydrogen (secondary N) is 1. The molecule has 20 heavy (non-hydrogen) atoms. The maximum Gasteiger partial charge on any atom is 0.237 e. The van der Waals surface area contributed by atoms with E-state index in [0.717, 1.165) is 19.1 Å². The molecule has 0 heterocycles. The summed E-state index contributed by atoms with van der Waals surface area (Å²) in [6, 6.07) is -0.570.